The minimum absolute atomic E-state index is 0.215. The van der Waals surface area contributed by atoms with E-state index in [2.05, 4.69) is 28.9 Å². The van der Waals surface area contributed by atoms with Gasteiger partial charge in [0.1, 0.15) is 0 Å². The molecule has 19 heavy (non-hydrogen) atoms. The van der Waals surface area contributed by atoms with E-state index in [4.69, 9.17) is 15.2 Å². The molecular formula is C15H22BrNO2. The molecule has 106 valence electrons. The van der Waals surface area contributed by atoms with Gasteiger partial charge in [-0.05, 0) is 46.8 Å². The summed E-state index contributed by atoms with van der Waals surface area (Å²) in [4.78, 5) is 0. The van der Waals surface area contributed by atoms with Crippen molar-refractivity contribution < 1.29 is 9.47 Å². The Morgan fingerprint density at radius 1 is 1.21 bits per heavy atom. The van der Waals surface area contributed by atoms with Gasteiger partial charge in [0.15, 0.2) is 11.5 Å². The molecule has 1 saturated carbocycles. The van der Waals surface area contributed by atoms with Crippen LogP contribution in [0.4, 0.5) is 0 Å². The van der Waals surface area contributed by atoms with Gasteiger partial charge in [-0.25, -0.2) is 0 Å². The molecule has 0 amide bonds. The highest BCUT2D eigenvalue weighted by molar-refractivity contribution is 9.10. The molecule has 0 radical (unpaired) electrons. The highest BCUT2D eigenvalue weighted by Gasteiger charge is 2.35. The van der Waals surface area contributed by atoms with Gasteiger partial charge in [-0.3, -0.25) is 0 Å². The van der Waals surface area contributed by atoms with Crippen LogP contribution in [0.3, 0.4) is 0 Å². The van der Waals surface area contributed by atoms with Gasteiger partial charge in [-0.2, -0.15) is 0 Å². The van der Waals surface area contributed by atoms with E-state index >= 15 is 0 Å². The molecule has 0 aromatic heterocycles. The molecule has 1 aliphatic rings. The zero-order chi connectivity index (χ0) is 14.0. The van der Waals surface area contributed by atoms with Crippen molar-refractivity contribution in [3.63, 3.8) is 0 Å². The van der Waals surface area contributed by atoms with Crippen molar-refractivity contribution in [2.75, 3.05) is 14.2 Å². The van der Waals surface area contributed by atoms with Crippen molar-refractivity contribution in [1.29, 1.82) is 0 Å². The van der Waals surface area contributed by atoms with Crippen molar-refractivity contribution in [1.82, 2.24) is 0 Å². The van der Waals surface area contributed by atoms with E-state index in [-0.39, 0.29) is 5.54 Å². The number of rotatable bonds is 4. The Hall–Kier alpha value is -0.740. The fourth-order valence-corrected chi connectivity index (χ4v) is 3.69. The van der Waals surface area contributed by atoms with Gasteiger partial charge < -0.3 is 15.2 Å². The molecule has 0 atom stereocenters. The fourth-order valence-electron chi connectivity index (χ4n) is 3.12. The quantitative estimate of drug-likeness (QED) is 0.915. The number of ether oxygens (including phenoxy) is 2. The van der Waals surface area contributed by atoms with Gasteiger partial charge >= 0.3 is 0 Å². The van der Waals surface area contributed by atoms with Crippen molar-refractivity contribution in [2.24, 2.45) is 5.73 Å². The molecule has 2 rings (SSSR count). The zero-order valence-electron chi connectivity index (χ0n) is 11.9. The summed E-state index contributed by atoms with van der Waals surface area (Å²) in [6.45, 7) is 2.13. The normalized spacial score (nSPS) is 17.5. The Morgan fingerprint density at radius 3 is 2.26 bits per heavy atom. The first-order chi connectivity index (χ1) is 9.07. The first kappa shape index (κ1) is 14.7. The molecule has 0 bridgehead atoms. The summed E-state index contributed by atoms with van der Waals surface area (Å²) in [6, 6.07) is 2.12. The lowest BCUT2D eigenvalue weighted by Gasteiger charge is -2.29. The van der Waals surface area contributed by atoms with Gasteiger partial charge in [-0.15, -0.1) is 0 Å². The molecular weight excluding hydrogens is 306 g/mol. The van der Waals surface area contributed by atoms with E-state index in [1.807, 2.05) is 0 Å². The van der Waals surface area contributed by atoms with E-state index < -0.39 is 0 Å². The van der Waals surface area contributed by atoms with Crippen molar-refractivity contribution in [2.45, 2.75) is 44.6 Å². The summed E-state index contributed by atoms with van der Waals surface area (Å²) in [5, 5.41) is 0. The van der Waals surface area contributed by atoms with Crippen LogP contribution in [0.15, 0.2) is 10.5 Å². The van der Waals surface area contributed by atoms with Crippen LogP contribution in [0.2, 0.25) is 0 Å². The van der Waals surface area contributed by atoms with Crippen LogP contribution >= 0.6 is 15.9 Å². The first-order valence-electron chi connectivity index (χ1n) is 6.80. The van der Waals surface area contributed by atoms with E-state index in [9.17, 15) is 0 Å². The summed E-state index contributed by atoms with van der Waals surface area (Å²) in [5.74, 6) is 1.57. The predicted octanol–water partition coefficient (Wildman–Crippen LogP) is 3.76. The number of hydrogen-bond donors (Lipinski definition) is 1. The van der Waals surface area contributed by atoms with Crippen LogP contribution in [-0.4, -0.2) is 14.2 Å². The van der Waals surface area contributed by atoms with Crippen LogP contribution in [0.25, 0.3) is 0 Å². The van der Waals surface area contributed by atoms with Gasteiger partial charge in [-0.1, -0.05) is 19.8 Å². The van der Waals surface area contributed by atoms with Crippen LogP contribution < -0.4 is 15.2 Å². The maximum Gasteiger partial charge on any atom is 0.175 e. The maximum absolute atomic E-state index is 6.62. The molecule has 0 unspecified atom stereocenters. The molecule has 0 spiro atoms. The second-order valence-corrected chi connectivity index (χ2v) is 6.02. The molecule has 0 heterocycles. The Bertz CT molecular complexity index is 468. The molecule has 1 aromatic carbocycles. The van der Waals surface area contributed by atoms with Gasteiger partial charge in [0.05, 0.1) is 18.7 Å². The average molecular weight is 328 g/mol. The second-order valence-electron chi connectivity index (χ2n) is 5.17. The van der Waals surface area contributed by atoms with Gasteiger partial charge in [0.2, 0.25) is 0 Å². The average Bonchev–Trinajstić information content (AvgIpc) is 2.85. The smallest absolute Gasteiger partial charge is 0.175 e. The standard InChI is InChI=1S/C15H22BrNO2/c1-4-10-11(15(17)7-5-6-8-15)9-12(16)14(19-3)13(10)18-2/h9H,4-8,17H2,1-3H3. The first-order valence-corrected chi connectivity index (χ1v) is 7.59. The fraction of sp³-hybridized carbons (Fsp3) is 0.600. The summed E-state index contributed by atoms with van der Waals surface area (Å²) in [6.07, 6.45) is 5.38. The Morgan fingerprint density at radius 2 is 1.79 bits per heavy atom. The molecule has 1 aromatic rings. The molecule has 0 saturated heterocycles. The van der Waals surface area contributed by atoms with Crippen LogP contribution in [0.5, 0.6) is 11.5 Å². The molecule has 3 nitrogen and oxygen atoms in total. The third-order valence-corrected chi connectivity index (χ3v) is 4.68. The summed E-state index contributed by atoms with van der Waals surface area (Å²) in [7, 11) is 3.35. The monoisotopic (exact) mass is 327 g/mol. The van der Waals surface area contributed by atoms with Crippen LogP contribution in [0.1, 0.15) is 43.7 Å². The minimum Gasteiger partial charge on any atom is -0.493 e. The number of nitrogens with two attached hydrogens (primary N) is 1. The third kappa shape index (κ3) is 2.48. The Balaban J connectivity index is 2.64. The molecule has 1 aliphatic carbocycles. The van der Waals surface area contributed by atoms with Crippen molar-refractivity contribution >= 4 is 15.9 Å². The highest BCUT2D eigenvalue weighted by Crippen LogP contribution is 2.46. The van der Waals surface area contributed by atoms with Gasteiger partial charge in [0, 0.05) is 11.1 Å². The third-order valence-electron chi connectivity index (χ3n) is 4.09. The molecule has 1 fully saturated rings. The topological polar surface area (TPSA) is 44.5 Å². The van der Waals surface area contributed by atoms with E-state index in [0.717, 1.165) is 35.2 Å². The van der Waals surface area contributed by atoms with Crippen molar-refractivity contribution in [3.8, 4) is 11.5 Å². The van der Waals surface area contributed by atoms with E-state index in [1.54, 1.807) is 14.2 Å². The summed E-state index contributed by atoms with van der Waals surface area (Å²) < 4.78 is 11.9. The number of methoxy groups -OCH3 is 2. The SMILES string of the molecule is CCc1c(C2(N)CCCC2)cc(Br)c(OC)c1OC. The Labute approximate surface area is 123 Å². The second kappa shape index (κ2) is 5.71. The largest absolute Gasteiger partial charge is 0.493 e. The maximum atomic E-state index is 6.62. The number of hydrogen-bond acceptors (Lipinski definition) is 3. The van der Waals surface area contributed by atoms with Crippen LogP contribution in [0, 0.1) is 0 Å². The number of halogens is 1. The Kier molecular flexibility index (Phi) is 4.41. The summed E-state index contributed by atoms with van der Waals surface area (Å²) >= 11 is 3.57. The molecule has 4 heteroatoms. The lowest BCUT2D eigenvalue weighted by Crippen LogP contribution is -2.34. The molecule has 0 aliphatic heterocycles. The van der Waals surface area contributed by atoms with E-state index in [0.29, 0.717) is 0 Å². The molecule has 2 N–H and O–H groups in total. The zero-order valence-corrected chi connectivity index (χ0v) is 13.5. The van der Waals surface area contributed by atoms with Crippen LogP contribution in [-0.2, 0) is 12.0 Å². The lowest BCUT2D eigenvalue weighted by molar-refractivity contribution is 0.346. The highest BCUT2D eigenvalue weighted by atomic mass is 79.9. The van der Waals surface area contributed by atoms with Crippen molar-refractivity contribution in [3.05, 3.63) is 21.7 Å². The van der Waals surface area contributed by atoms with E-state index in [1.165, 1.54) is 24.0 Å². The summed E-state index contributed by atoms with van der Waals surface area (Å²) in [5.41, 5.74) is 8.79. The minimum atomic E-state index is -0.215. The number of benzene rings is 1. The predicted molar refractivity (Wildman–Crippen MR) is 81.0 cm³/mol. The van der Waals surface area contributed by atoms with Gasteiger partial charge in [0.25, 0.3) is 0 Å². The lowest BCUT2D eigenvalue weighted by atomic mass is 9.84.